The summed E-state index contributed by atoms with van der Waals surface area (Å²) < 4.78 is 0. The van der Waals surface area contributed by atoms with E-state index >= 15 is 0 Å². The van der Waals surface area contributed by atoms with Gasteiger partial charge in [0.1, 0.15) is 0 Å². The molecule has 1 rings (SSSR count). The number of benzene rings is 1. The van der Waals surface area contributed by atoms with Gasteiger partial charge in [0.15, 0.2) is 0 Å². The first-order valence-corrected chi connectivity index (χ1v) is 7.53. The van der Waals surface area contributed by atoms with Crippen LogP contribution in [0.5, 0.6) is 0 Å². The standard InChI is InChI=1S/C16H26ClN/c1-4-5-6-7-10-13(2)18-14(3)15-11-8-9-12-16(15)17/h8-9,11-14,18H,4-7,10H2,1-3H3. The summed E-state index contributed by atoms with van der Waals surface area (Å²) in [5.41, 5.74) is 1.19. The number of hydrogen-bond donors (Lipinski definition) is 1. The summed E-state index contributed by atoms with van der Waals surface area (Å²) in [6.07, 6.45) is 6.57. The normalized spacial score (nSPS) is 14.4. The molecule has 0 aliphatic carbocycles. The average molecular weight is 268 g/mol. The minimum absolute atomic E-state index is 0.319. The molecule has 1 N–H and O–H groups in total. The summed E-state index contributed by atoms with van der Waals surface area (Å²) in [6.45, 7) is 6.70. The Labute approximate surface area is 117 Å². The first kappa shape index (κ1) is 15.5. The van der Waals surface area contributed by atoms with Gasteiger partial charge in [0.2, 0.25) is 0 Å². The second-order valence-electron chi connectivity index (χ2n) is 5.16. The van der Waals surface area contributed by atoms with Gasteiger partial charge in [-0.15, -0.1) is 0 Å². The molecule has 0 aliphatic rings. The topological polar surface area (TPSA) is 12.0 Å². The lowest BCUT2D eigenvalue weighted by molar-refractivity contribution is 0.438. The van der Waals surface area contributed by atoms with E-state index in [1.54, 1.807) is 0 Å². The van der Waals surface area contributed by atoms with Crippen molar-refractivity contribution in [3.63, 3.8) is 0 Å². The first-order chi connectivity index (χ1) is 8.65. The molecular formula is C16H26ClN. The highest BCUT2D eigenvalue weighted by molar-refractivity contribution is 6.31. The summed E-state index contributed by atoms with van der Waals surface area (Å²) in [5, 5.41) is 4.49. The van der Waals surface area contributed by atoms with E-state index in [9.17, 15) is 0 Å². The van der Waals surface area contributed by atoms with Gasteiger partial charge >= 0.3 is 0 Å². The molecule has 0 bridgehead atoms. The Hall–Kier alpha value is -0.530. The summed E-state index contributed by atoms with van der Waals surface area (Å²) in [5.74, 6) is 0. The van der Waals surface area contributed by atoms with Gasteiger partial charge in [-0.05, 0) is 31.9 Å². The zero-order valence-corrected chi connectivity index (χ0v) is 12.6. The van der Waals surface area contributed by atoms with E-state index in [0.717, 1.165) is 5.02 Å². The molecule has 0 aromatic heterocycles. The molecule has 1 nitrogen and oxygen atoms in total. The maximum atomic E-state index is 6.21. The van der Waals surface area contributed by atoms with Crippen molar-refractivity contribution in [3.05, 3.63) is 34.9 Å². The van der Waals surface area contributed by atoms with Crippen LogP contribution in [0.3, 0.4) is 0 Å². The van der Waals surface area contributed by atoms with Crippen LogP contribution in [-0.4, -0.2) is 6.04 Å². The second-order valence-corrected chi connectivity index (χ2v) is 5.57. The highest BCUT2D eigenvalue weighted by atomic mass is 35.5. The Bertz CT molecular complexity index is 338. The first-order valence-electron chi connectivity index (χ1n) is 7.15. The van der Waals surface area contributed by atoms with Gasteiger partial charge in [-0.3, -0.25) is 0 Å². The van der Waals surface area contributed by atoms with E-state index < -0.39 is 0 Å². The van der Waals surface area contributed by atoms with E-state index in [1.807, 2.05) is 18.2 Å². The van der Waals surface area contributed by atoms with E-state index in [-0.39, 0.29) is 0 Å². The van der Waals surface area contributed by atoms with Crippen molar-refractivity contribution in [2.45, 2.75) is 65.0 Å². The molecule has 2 atom stereocenters. The molecule has 0 saturated heterocycles. The molecule has 18 heavy (non-hydrogen) atoms. The zero-order valence-electron chi connectivity index (χ0n) is 11.9. The van der Waals surface area contributed by atoms with Gasteiger partial charge in [-0.25, -0.2) is 0 Å². The minimum Gasteiger partial charge on any atom is -0.308 e. The summed E-state index contributed by atoms with van der Waals surface area (Å²) in [7, 11) is 0. The summed E-state index contributed by atoms with van der Waals surface area (Å²) in [6, 6.07) is 8.95. The van der Waals surface area contributed by atoms with E-state index in [0.29, 0.717) is 12.1 Å². The highest BCUT2D eigenvalue weighted by Crippen LogP contribution is 2.23. The van der Waals surface area contributed by atoms with Crippen molar-refractivity contribution in [3.8, 4) is 0 Å². The number of nitrogens with one attached hydrogen (secondary N) is 1. The van der Waals surface area contributed by atoms with Gasteiger partial charge < -0.3 is 5.32 Å². The monoisotopic (exact) mass is 267 g/mol. The van der Waals surface area contributed by atoms with Crippen LogP contribution in [-0.2, 0) is 0 Å². The Morgan fingerprint density at radius 1 is 1.11 bits per heavy atom. The molecule has 2 heteroatoms. The molecular weight excluding hydrogens is 242 g/mol. The van der Waals surface area contributed by atoms with Crippen molar-refractivity contribution >= 4 is 11.6 Å². The zero-order chi connectivity index (χ0) is 13.4. The predicted octanol–water partition coefficient (Wildman–Crippen LogP) is 5.35. The fourth-order valence-corrected chi connectivity index (χ4v) is 2.60. The lowest BCUT2D eigenvalue weighted by Crippen LogP contribution is -2.29. The number of halogens is 1. The van der Waals surface area contributed by atoms with Crippen LogP contribution >= 0.6 is 11.6 Å². The van der Waals surface area contributed by atoms with E-state index in [2.05, 4.69) is 32.2 Å². The molecule has 102 valence electrons. The van der Waals surface area contributed by atoms with Gasteiger partial charge in [-0.2, -0.15) is 0 Å². The molecule has 1 aromatic rings. The van der Waals surface area contributed by atoms with Crippen molar-refractivity contribution in [1.29, 1.82) is 0 Å². The molecule has 0 amide bonds. The van der Waals surface area contributed by atoms with Crippen molar-refractivity contribution in [2.75, 3.05) is 0 Å². The molecule has 0 radical (unpaired) electrons. The Morgan fingerprint density at radius 3 is 2.50 bits per heavy atom. The smallest absolute Gasteiger partial charge is 0.0453 e. The number of rotatable bonds is 8. The van der Waals surface area contributed by atoms with Gasteiger partial charge in [-0.1, -0.05) is 62.4 Å². The quantitative estimate of drug-likeness (QED) is 0.626. The lowest BCUT2D eigenvalue weighted by Gasteiger charge is -2.21. The maximum absolute atomic E-state index is 6.21. The fourth-order valence-electron chi connectivity index (χ4n) is 2.30. The van der Waals surface area contributed by atoms with E-state index in [4.69, 9.17) is 11.6 Å². The molecule has 0 saturated carbocycles. The van der Waals surface area contributed by atoms with Crippen molar-refractivity contribution < 1.29 is 0 Å². The van der Waals surface area contributed by atoms with Crippen LogP contribution in [0.2, 0.25) is 5.02 Å². The number of unbranched alkanes of at least 4 members (excludes halogenated alkanes) is 3. The van der Waals surface area contributed by atoms with Crippen LogP contribution < -0.4 is 5.32 Å². The highest BCUT2D eigenvalue weighted by Gasteiger charge is 2.11. The van der Waals surface area contributed by atoms with Crippen molar-refractivity contribution in [1.82, 2.24) is 5.32 Å². The Balaban J connectivity index is 2.35. The Morgan fingerprint density at radius 2 is 1.83 bits per heavy atom. The lowest BCUT2D eigenvalue weighted by atomic mass is 10.0. The SMILES string of the molecule is CCCCCCC(C)NC(C)c1ccccc1Cl. The van der Waals surface area contributed by atoms with Crippen LogP contribution in [0.1, 0.15) is 64.5 Å². The van der Waals surface area contributed by atoms with Crippen LogP contribution in [0.25, 0.3) is 0 Å². The van der Waals surface area contributed by atoms with Gasteiger partial charge in [0.25, 0.3) is 0 Å². The molecule has 2 unspecified atom stereocenters. The Kier molecular flexibility index (Phi) is 7.38. The fraction of sp³-hybridized carbons (Fsp3) is 0.625. The van der Waals surface area contributed by atoms with Gasteiger partial charge in [0.05, 0.1) is 0 Å². The van der Waals surface area contributed by atoms with Crippen LogP contribution in [0.4, 0.5) is 0 Å². The minimum atomic E-state index is 0.319. The third-order valence-corrected chi connectivity index (χ3v) is 3.74. The number of hydrogen-bond acceptors (Lipinski definition) is 1. The third-order valence-electron chi connectivity index (χ3n) is 3.40. The summed E-state index contributed by atoms with van der Waals surface area (Å²) in [4.78, 5) is 0. The average Bonchev–Trinajstić information content (AvgIpc) is 2.35. The van der Waals surface area contributed by atoms with Crippen molar-refractivity contribution in [2.24, 2.45) is 0 Å². The van der Waals surface area contributed by atoms with Gasteiger partial charge in [0, 0.05) is 17.1 Å². The van der Waals surface area contributed by atoms with Crippen LogP contribution in [0, 0.1) is 0 Å². The van der Waals surface area contributed by atoms with Crippen LogP contribution in [0.15, 0.2) is 24.3 Å². The summed E-state index contributed by atoms with van der Waals surface area (Å²) >= 11 is 6.21. The third kappa shape index (κ3) is 5.41. The molecule has 0 heterocycles. The van der Waals surface area contributed by atoms with E-state index in [1.165, 1.54) is 37.7 Å². The predicted molar refractivity (Wildman–Crippen MR) is 81.2 cm³/mol. The molecule has 0 aliphatic heterocycles. The largest absolute Gasteiger partial charge is 0.308 e. The molecule has 0 spiro atoms. The maximum Gasteiger partial charge on any atom is 0.0453 e. The second kappa shape index (κ2) is 8.55. The molecule has 1 aromatic carbocycles. The molecule has 0 fully saturated rings.